The fourth-order valence-corrected chi connectivity index (χ4v) is 3.54. The first-order valence-corrected chi connectivity index (χ1v) is 8.73. The summed E-state index contributed by atoms with van der Waals surface area (Å²) in [7, 11) is 0. The summed E-state index contributed by atoms with van der Waals surface area (Å²) in [5.41, 5.74) is 2.77. The van der Waals surface area contributed by atoms with Crippen LogP contribution in [0.5, 0.6) is 0 Å². The number of carbonyl (C=O) groups excluding carboxylic acids is 1. The van der Waals surface area contributed by atoms with Crippen molar-refractivity contribution in [1.82, 2.24) is 4.90 Å². The SMILES string of the molecule is N#Cc1ccc(N2CCN(C(=O)Cc3ccccc3)CC2)c(Br)c1. The summed E-state index contributed by atoms with van der Waals surface area (Å²) in [6.07, 6.45) is 0.460. The van der Waals surface area contributed by atoms with Crippen LogP contribution in [0.15, 0.2) is 53.0 Å². The number of carbonyl (C=O) groups is 1. The molecule has 2 aromatic rings. The Bertz CT molecular complexity index is 762. The van der Waals surface area contributed by atoms with Crippen LogP contribution in [0, 0.1) is 11.3 Å². The normalized spacial score (nSPS) is 14.3. The first kappa shape index (κ1) is 16.5. The summed E-state index contributed by atoms with van der Waals surface area (Å²) in [4.78, 5) is 16.6. The molecule has 1 aliphatic heterocycles. The lowest BCUT2D eigenvalue weighted by Crippen LogP contribution is -2.49. The Kier molecular flexibility index (Phi) is 5.17. The highest BCUT2D eigenvalue weighted by molar-refractivity contribution is 9.10. The number of halogens is 1. The summed E-state index contributed by atoms with van der Waals surface area (Å²) in [5, 5.41) is 8.95. The molecule has 24 heavy (non-hydrogen) atoms. The third kappa shape index (κ3) is 3.77. The number of nitrogens with zero attached hydrogens (tertiary/aromatic N) is 3. The van der Waals surface area contributed by atoms with Gasteiger partial charge in [-0.1, -0.05) is 30.3 Å². The summed E-state index contributed by atoms with van der Waals surface area (Å²) in [6.45, 7) is 3.03. The van der Waals surface area contributed by atoms with E-state index in [1.807, 2.05) is 53.4 Å². The molecule has 1 fully saturated rings. The Morgan fingerprint density at radius 3 is 2.42 bits per heavy atom. The second kappa shape index (κ2) is 7.50. The second-order valence-corrected chi connectivity index (χ2v) is 6.66. The number of hydrogen-bond acceptors (Lipinski definition) is 3. The van der Waals surface area contributed by atoms with Gasteiger partial charge in [0, 0.05) is 30.7 Å². The molecule has 1 heterocycles. The van der Waals surface area contributed by atoms with Crippen LogP contribution in [0.1, 0.15) is 11.1 Å². The topological polar surface area (TPSA) is 47.3 Å². The van der Waals surface area contributed by atoms with Crippen molar-refractivity contribution in [3.05, 3.63) is 64.1 Å². The highest BCUT2D eigenvalue weighted by Crippen LogP contribution is 2.28. The average molecular weight is 384 g/mol. The predicted molar refractivity (Wildman–Crippen MR) is 97.8 cm³/mol. The molecule has 2 aromatic carbocycles. The van der Waals surface area contributed by atoms with Gasteiger partial charge in [0.2, 0.25) is 5.91 Å². The van der Waals surface area contributed by atoms with E-state index in [-0.39, 0.29) is 5.91 Å². The van der Waals surface area contributed by atoms with Crippen LogP contribution < -0.4 is 4.90 Å². The number of hydrogen-bond donors (Lipinski definition) is 0. The monoisotopic (exact) mass is 383 g/mol. The molecule has 122 valence electrons. The van der Waals surface area contributed by atoms with Crippen molar-refractivity contribution >= 4 is 27.5 Å². The van der Waals surface area contributed by atoms with Gasteiger partial charge in [-0.25, -0.2) is 0 Å². The third-order valence-corrected chi connectivity index (χ3v) is 4.88. The molecule has 0 aliphatic carbocycles. The lowest BCUT2D eigenvalue weighted by Gasteiger charge is -2.36. The molecule has 0 radical (unpaired) electrons. The van der Waals surface area contributed by atoms with Crippen molar-refractivity contribution < 1.29 is 4.79 Å². The van der Waals surface area contributed by atoms with Crippen molar-refractivity contribution in [1.29, 1.82) is 5.26 Å². The van der Waals surface area contributed by atoms with Crippen LogP contribution in [-0.2, 0) is 11.2 Å². The molecular formula is C19H18BrN3O. The van der Waals surface area contributed by atoms with Gasteiger partial charge in [0.15, 0.2) is 0 Å². The van der Waals surface area contributed by atoms with E-state index in [0.717, 1.165) is 41.9 Å². The van der Waals surface area contributed by atoms with Crippen LogP contribution >= 0.6 is 15.9 Å². The van der Waals surface area contributed by atoms with Crippen molar-refractivity contribution in [2.45, 2.75) is 6.42 Å². The average Bonchev–Trinajstić information content (AvgIpc) is 2.62. The zero-order valence-corrected chi connectivity index (χ0v) is 14.9. The van der Waals surface area contributed by atoms with E-state index in [9.17, 15) is 4.79 Å². The lowest BCUT2D eigenvalue weighted by atomic mass is 10.1. The van der Waals surface area contributed by atoms with Crippen molar-refractivity contribution in [2.24, 2.45) is 0 Å². The Labute approximate surface area is 150 Å². The fraction of sp³-hybridized carbons (Fsp3) is 0.263. The molecule has 0 unspecified atom stereocenters. The van der Waals surface area contributed by atoms with Gasteiger partial charge in [0.05, 0.1) is 23.7 Å². The lowest BCUT2D eigenvalue weighted by molar-refractivity contribution is -0.130. The summed E-state index contributed by atoms with van der Waals surface area (Å²) in [5.74, 6) is 0.180. The molecule has 1 aliphatic rings. The molecule has 0 aromatic heterocycles. The number of benzene rings is 2. The number of rotatable bonds is 3. The summed E-state index contributed by atoms with van der Waals surface area (Å²) >= 11 is 3.54. The highest BCUT2D eigenvalue weighted by Gasteiger charge is 2.22. The van der Waals surface area contributed by atoms with Gasteiger partial charge in [-0.2, -0.15) is 5.26 Å². The van der Waals surface area contributed by atoms with E-state index in [2.05, 4.69) is 26.9 Å². The van der Waals surface area contributed by atoms with Crippen LogP contribution in [0.3, 0.4) is 0 Å². The molecule has 5 heteroatoms. The zero-order valence-electron chi connectivity index (χ0n) is 13.3. The van der Waals surface area contributed by atoms with E-state index < -0.39 is 0 Å². The van der Waals surface area contributed by atoms with Gasteiger partial charge < -0.3 is 9.80 Å². The molecule has 3 rings (SSSR count). The summed E-state index contributed by atoms with van der Waals surface area (Å²) in [6, 6.07) is 17.6. The Morgan fingerprint density at radius 1 is 1.08 bits per heavy atom. The minimum atomic E-state index is 0.180. The maximum Gasteiger partial charge on any atom is 0.227 e. The molecule has 0 atom stereocenters. The van der Waals surface area contributed by atoms with E-state index in [1.54, 1.807) is 0 Å². The van der Waals surface area contributed by atoms with Gasteiger partial charge in [0.25, 0.3) is 0 Å². The maximum atomic E-state index is 12.4. The van der Waals surface area contributed by atoms with Crippen LogP contribution in [0.2, 0.25) is 0 Å². The largest absolute Gasteiger partial charge is 0.367 e. The van der Waals surface area contributed by atoms with Gasteiger partial charge in [0.1, 0.15) is 0 Å². The molecule has 0 spiro atoms. The second-order valence-electron chi connectivity index (χ2n) is 5.81. The quantitative estimate of drug-likeness (QED) is 0.817. The molecule has 0 N–H and O–H groups in total. The van der Waals surface area contributed by atoms with Gasteiger partial charge in [-0.05, 0) is 39.7 Å². The third-order valence-electron chi connectivity index (χ3n) is 4.25. The minimum Gasteiger partial charge on any atom is -0.367 e. The number of anilines is 1. The summed E-state index contributed by atoms with van der Waals surface area (Å²) < 4.78 is 0.922. The van der Waals surface area contributed by atoms with E-state index >= 15 is 0 Å². The van der Waals surface area contributed by atoms with Crippen molar-refractivity contribution in [3.63, 3.8) is 0 Å². The van der Waals surface area contributed by atoms with E-state index in [1.165, 1.54) is 0 Å². The molecular weight excluding hydrogens is 366 g/mol. The molecule has 1 amide bonds. The molecule has 0 saturated carbocycles. The van der Waals surface area contributed by atoms with Crippen LogP contribution in [0.4, 0.5) is 5.69 Å². The predicted octanol–water partition coefficient (Wildman–Crippen LogP) is 3.21. The first-order chi connectivity index (χ1) is 11.7. The zero-order chi connectivity index (χ0) is 16.9. The first-order valence-electron chi connectivity index (χ1n) is 7.93. The molecule has 1 saturated heterocycles. The van der Waals surface area contributed by atoms with Crippen LogP contribution in [-0.4, -0.2) is 37.0 Å². The van der Waals surface area contributed by atoms with E-state index in [0.29, 0.717) is 12.0 Å². The minimum absolute atomic E-state index is 0.180. The van der Waals surface area contributed by atoms with Gasteiger partial charge in [-0.15, -0.1) is 0 Å². The maximum absolute atomic E-state index is 12.4. The smallest absolute Gasteiger partial charge is 0.227 e. The van der Waals surface area contributed by atoms with E-state index in [4.69, 9.17) is 5.26 Å². The van der Waals surface area contributed by atoms with Crippen molar-refractivity contribution in [3.8, 4) is 6.07 Å². The van der Waals surface area contributed by atoms with Crippen molar-refractivity contribution in [2.75, 3.05) is 31.1 Å². The Balaban J connectivity index is 1.60. The number of nitriles is 1. The van der Waals surface area contributed by atoms with Gasteiger partial charge >= 0.3 is 0 Å². The molecule has 4 nitrogen and oxygen atoms in total. The fourth-order valence-electron chi connectivity index (χ4n) is 2.91. The highest BCUT2D eigenvalue weighted by atomic mass is 79.9. The molecule has 0 bridgehead atoms. The number of piperazine rings is 1. The van der Waals surface area contributed by atoms with Crippen LogP contribution in [0.25, 0.3) is 0 Å². The van der Waals surface area contributed by atoms with Gasteiger partial charge in [-0.3, -0.25) is 4.79 Å². The number of amides is 1. The standard InChI is InChI=1S/C19H18BrN3O/c20-17-12-16(14-21)6-7-18(17)22-8-10-23(11-9-22)19(24)13-15-4-2-1-3-5-15/h1-7,12H,8-11,13H2. The Hall–Kier alpha value is -2.32. The Morgan fingerprint density at radius 2 is 1.79 bits per heavy atom.